The van der Waals surface area contributed by atoms with Gasteiger partial charge in [0.25, 0.3) is 0 Å². The van der Waals surface area contributed by atoms with Crippen LogP contribution in [-0.2, 0) is 11.2 Å². The van der Waals surface area contributed by atoms with E-state index in [1.807, 2.05) is 18.2 Å². The molecule has 1 aromatic rings. The predicted octanol–water partition coefficient (Wildman–Crippen LogP) is 1.87. The lowest BCUT2D eigenvalue weighted by Crippen LogP contribution is -2.48. The quantitative estimate of drug-likeness (QED) is 0.884. The van der Waals surface area contributed by atoms with Crippen LogP contribution in [0, 0.1) is 11.8 Å². The van der Waals surface area contributed by atoms with Crippen molar-refractivity contribution in [3.8, 4) is 0 Å². The number of benzene rings is 1. The highest BCUT2D eigenvalue weighted by molar-refractivity contribution is 6.01. The van der Waals surface area contributed by atoms with Crippen LogP contribution in [0.2, 0.25) is 0 Å². The summed E-state index contributed by atoms with van der Waals surface area (Å²) in [4.78, 5) is 25.1. The lowest BCUT2D eigenvalue weighted by molar-refractivity contribution is -0.138. The maximum atomic E-state index is 12.3. The van der Waals surface area contributed by atoms with Crippen LogP contribution in [0.15, 0.2) is 24.3 Å². The zero-order valence-corrected chi connectivity index (χ0v) is 11.4. The van der Waals surface area contributed by atoms with Crippen LogP contribution < -0.4 is 10.2 Å². The van der Waals surface area contributed by atoms with Crippen molar-refractivity contribution in [1.82, 2.24) is 5.32 Å². The molecule has 20 heavy (non-hydrogen) atoms. The third-order valence-corrected chi connectivity index (χ3v) is 4.27. The molecule has 0 spiro atoms. The van der Waals surface area contributed by atoms with Crippen molar-refractivity contribution >= 4 is 17.7 Å². The number of fused-ring (bicyclic) bond motifs is 1. The van der Waals surface area contributed by atoms with Gasteiger partial charge in [-0.15, -0.1) is 0 Å². The molecule has 5 heteroatoms. The van der Waals surface area contributed by atoms with Gasteiger partial charge in [-0.25, -0.2) is 9.59 Å². The van der Waals surface area contributed by atoms with Crippen LogP contribution in [0.1, 0.15) is 18.9 Å². The van der Waals surface area contributed by atoms with E-state index in [0.717, 1.165) is 12.0 Å². The molecular weight excluding hydrogens is 256 g/mol. The minimum atomic E-state index is -0.962. The summed E-state index contributed by atoms with van der Waals surface area (Å²) in [5, 5.41) is 12.2. The van der Waals surface area contributed by atoms with E-state index in [-0.39, 0.29) is 6.03 Å². The second kappa shape index (κ2) is 4.81. The van der Waals surface area contributed by atoms with Gasteiger partial charge in [-0.1, -0.05) is 25.1 Å². The van der Waals surface area contributed by atoms with E-state index in [9.17, 15) is 14.7 Å². The molecule has 1 aliphatic carbocycles. The average molecular weight is 274 g/mol. The summed E-state index contributed by atoms with van der Waals surface area (Å²) in [6, 6.07) is 6.27. The first-order valence-corrected chi connectivity index (χ1v) is 6.95. The number of urea groups is 1. The Hall–Kier alpha value is -2.04. The van der Waals surface area contributed by atoms with Crippen LogP contribution >= 0.6 is 0 Å². The predicted molar refractivity (Wildman–Crippen MR) is 74.7 cm³/mol. The van der Waals surface area contributed by atoms with Gasteiger partial charge >= 0.3 is 12.0 Å². The van der Waals surface area contributed by atoms with Gasteiger partial charge in [0, 0.05) is 18.7 Å². The van der Waals surface area contributed by atoms with Crippen molar-refractivity contribution in [2.24, 2.45) is 11.8 Å². The van der Waals surface area contributed by atoms with Gasteiger partial charge in [0.15, 0.2) is 0 Å². The molecule has 1 saturated carbocycles. The van der Waals surface area contributed by atoms with Crippen molar-refractivity contribution < 1.29 is 14.7 Å². The highest BCUT2D eigenvalue weighted by Crippen LogP contribution is 2.37. The fourth-order valence-corrected chi connectivity index (χ4v) is 2.82. The van der Waals surface area contributed by atoms with Crippen molar-refractivity contribution in [2.45, 2.75) is 25.8 Å². The summed E-state index contributed by atoms with van der Waals surface area (Å²) in [6.45, 7) is 2.78. The Labute approximate surface area is 117 Å². The SMILES string of the molecule is CC1CC1CNC(=O)N1c2ccccc2C[C@H]1C(=O)O. The molecule has 1 heterocycles. The van der Waals surface area contributed by atoms with Crippen molar-refractivity contribution in [3.63, 3.8) is 0 Å². The normalized spacial score (nSPS) is 27.1. The number of amides is 2. The monoisotopic (exact) mass is 274 g/mol. The second-order valence-electron chi connectivity index (χ2n) is 5.72. The minimum absolute atomic E-state index is 0.304. The number of hydrogen-bond acceptors (Lipinski definition) is 2. The Kier molecular flexibility index (Phi) is 3.12. The zero-order chi connectivity index (χ0) is 14.3. The largest absolute Gasteiger partial charge is 0.480 e. The van der Waals surface area contributed by atoms with Crippen molar-refractivity contribution in [1.29, 1.82) is 0 Å². The number of para-hydroxylation sites is 1. The van der Waals surface area contributed by atoms with E-state index in [4.69, 9.17) is 0 Å². The fraction of sp³-hybridized carbons (Fsp3) is 0.467. The first-order valence-electron chi connectivity index (χ1n) is 6.95. The Morgan fingerprint density at radius 3 is 2.75 bits per heavy atom. The van der Waals surface area contributed by atoms with Crippen LogP contribution in [-0.4, -0.2) is 29.7 Å². The number of carboxylic acid groups (broad SMARTS) is 1. The number of carbonyl (C=O) groups is 2. The van der Waals surface area contributed by atoms with Gasteiger partial charge in [0.1, 0.15) is 6.04 Å². The Balaban J connectivity index is 1.77. The third-order valence-electron chi connectivity index (χ3n) is 4.27. The van der Waals surface area contributed by atoms with E-state index >= 15 is 0 Å². The first kappa shape index (κ1) is 13.0. The molecule has 2 N–H and O–H groups in total. The standard InChI is InChI=1S/C15H18N2O3/c1-9-6-11(9)8-16-15(20)17-12-5-3-2-4-10(12)7-13(17)14(18)19/h2-5,9,11,13H,6-8H2,1H3,(H,16,20)(H,18,19)/t9?,11?,13-/m0/s1. The Bertz CT molecular complexity index is 558. The van der Waals surface area contributed by atoms with E-state index in [1.54, 1.807) is 6.07 Å². The van der Waals surface area contributed by atoms with Crippen LogP contribution in [0.25, 0.3) is 0 Å². The summed E-state index contributed by atoms with van der Waals surface area (Å²) in [5.41, 5.74) is 1.62. The maximum Gasteiger partial charge on any atom is 0.327 e. The van der Waals surface area contributed by atoms with E-state index in [2.05, 4.69) is 12.2 Å². The average Bonchev–Trinajstić information content (AvgIpc) is 2.99. The van der Waals surface area contributed by atoms with Crippen LogP contribution in [0.3, 0.4) is 0 Å². The smallest absolute Gasteiger partial charge is 0.327 e. The molecule has 0 aromatic heterocycles. The van der Waals surface area contributed by atoms with Gasteiger partial charge in [-0.3, -0.25) is 4.90 Å². The number of nitrogens with one attached hydrogen (secondary N) is 1. The summed E-state index contributed by atoms with van der Waals surface area (Å²) < 4.78 is 0. The van der Waals surface area contributed by atoms with Gasteiger partial charge in [-0.05, 0) is 29.9 Å². The highest BCUT2D eigenvalue weighted by atomic mass is 16.4. The van der Waals surface area contributed by atoms with Gasteiger partial charge in [-0.2, -0.15) is 0 Å². The van der Waals surface area contributed by atoms with Crippen LogP contribution in [0.4, 0.5) is 10.5 Å². The van der Waals surface area contributed by atoms with Gasteiger partial charge < -0.3 is 10.4 Å². The summed E-state index contributed by atoms with van der Waals surface area (Å²) in [6.07, 6.45) is 1.51. The third kappa shape index (κ3) is 2.24. The number of nitrogens with zero attached hydrogens (tertiary/aromatic N) is 1. The molecule has 0 radical (unpaired) electrons. The molecule has 106 valence electrons. The maximum absolute atomic E-state index is 12.3. The molecule has 1 fully saturated rings. The Morgan fingerprint density at radius 1 is 1.40 bits per heavy atom. The number of rotatable bonds is 3. The molecule has 2 aliphatic rings. The lowest BCUT2D eigenvalue weighted by atomic mass is 10.1. The van der Waals surface area contributed by atoms with Gasteiger partial charge in [0.05, 0.1) is 0 Å². The zero-order valence-electron chi connectivity index (χ0n) is 11.4. The van der Waals surface area contributed by atoms with Crippen molar-refractivity contribution in [2.75, 3.05) is 11.4 Å². The Morgan fingerprint density at radius 2 is 2.10 bits per heavy atom. The second-order valence-corrected chi connectivity index (χ2v) is 5.72. The van der Waals surface area contributed by atoms with Crippen LogP contribution in [0.5, 0.6) is 0 Å². The number of carboxylic acids is 1. The fourth-order valence-electron chi connectivity index (χ4n) is 2.82. The molecule has 3 atom stereocenters. The molecule has 0 saturated heterocycles. The number of anilines is 1. The first-order chi connectivity index (χ1) is 9.58. The molecule has 0 bridgehead atoms. The van der Waals surface area contributed by atoms with Crippen molar-refractivity contribution in [3.05, 3.63) is 29.8 Å². The molecule has 1 aromatic carbocycles. The topological polar surface area (TPSA) is 69.6 Å². The lowest BCUT2D eigenvalue weighted by Gasteiger charge is -2.23. The number of aliphatic carboxylic acids is 1. The molecule has 5 nitrogen and oxygen atoms in total. The minimum Gasteiger partial charge on any atom is -0.480 e. The number of hydrogen-bond donors (Lipinski definition) is 2. The summed E-state index contributed by atoms with van der Waals surface area (Å²) in [5.74, 6) is 0.243. The van der Waals surface area contributed by atoms with E-state index in [0.29, 0.717) is 30.5 Å². The molecular formula is C15H18N2O3. The van der Waals surface area contributed by atoms with Gasteiger partial charge in [0.2, 0.25) is 0 Å². The summed E-state index contributed by atoms with van der Waals surface area (Å²) in [7, 11) is 0. The highest BCUT2D eigenvalue weighted by Gasteiger charge is 2.39. The molecule has 2 amide bonds. The molecule has 2 unspecified atom stereocenters. The van der Waals surface area contributed by atoms with E-state index < -0.39 is 12.0 Å². The summed E-state index contributed by atoms with van der Waals surface area (Å²) >= 11 is 0. The molecule has 3 rings (SSSR count). The number of carbonyl (C=O) groups excluding carboxylic acids is 1. The molecule has 1 aliphatic heterocycles. The van der Waals surface area contributed by atoms with E-state index in [1.165, 1.54) is 4.90 Å².